The molecule has 0 fully saturated rings. The zero-order valence-electron chi connectivity index (χ0n) is 8.91. The van der Waals surface area contributed by atoms with Crippen LogP contribution in [0.3, 0.4) is 0 Å². The normalized spacial score (nSPS) is 12.5. The van der Waals surface area contributed by atoms with Crippen LogP contribution in [-0.4, -0.2) is 7.11 Å². The summed E-state index contributed by atoms with van der Waals surface area (Å²) in [7, 11) is 1.69. The highest BCUT2D eigenvalue weighted by Gasteiger charge is 2.19. The predicted molar refractivity (Wildman–Crippen MR) is 83.5 cm³/mol. The Bertz CT molecular complexity index is 524. The van der Waals surface area contributed by atoms with Crippen molar-refractivity contribution in [1.82, 2.24) is 0 Å². The van der Waals surface area contributed by atoms with Gasteiger partial charge in [0, 0.05) is 5.56 Å². The Labute approximate surface area is 130 Å². The number of hydrogen-bond donors (Lipinski definition) is 0. The van der Waals surface area contributed by atoms with Crippen LogP contribution in [0.5, 0.6) is 5.75 Å². The molecule has 1 aromatic heterocycles. The molecule has 0 aliphatic carbocycles. The van der Waals surface area contributed by atoms with Crippen LogP contribution in [0.1, 0.15) is 16.0 Å². The minimum absolute atomic E-state index is 0.121. The standard InChI is InChI=1S/C12H9Br3OS/c1-16-9-5-3-2-4-7(9)11(14)8-6-10(13)17-12(8)15/h2-6,11H,1H3. The molecule has 1 nitrogen and oxygen atoms in total. The van der Waals surface area contributed by atoms with Gasteiger partial charge in [-0.15, -0.1) is 11.3 Å². The summed E-state index contributed by atoms with van der Waals surface area (Å²) >= 11 is 12.5. The second-order valence-corrected chi connectivity index (χ2v) is 8.05. The minimum Gasteiger partial charge on any atom is -0.496 e. The largest absolute Gasteiger partial charge is 0.496 e. The molecular weight excluding hydrogens is 432 g/mol. The van der Waals surface area contributed by atoms with Crippen LogP contribution < -0.4 is 4.74 Å². The molecule has 0 saturated heterocycles. The zero-order valence-corrected chi connectivity index (χ0v) is 14.5. The van der Waals surface area contributed by atoms with E-state index in [0.717, 1.165) is 18.9 Å². The molecule has 1 aromatic carbocycles. The second kappa shape index (κ2) is 5.87. The van der Waals surface area contributed by atoms with Crippen LogP contribution in [0.4, 0.5) is 0 Å². The van der Waals surface area contributed by atoms with Gasteiger partial charge in [-0.25, -0.2) is 0 Å². The van der Waals surface area contributed by atoms with Crippen LogP contribution >= 0.6 is 59.1 Å². The van der Waals surface area contributed by atoms with Crippen molar-refractivity contribution in [3.8, 4) is 5.75 Å². The van der Waals surface area contributed by atoms with Crippen molar-refractivity contribution in [2.24, 2.45) is 0 Å². The van der Waals surface area contributed by atoms with Crippen molar-refractivity contribution >= 4 is 59.1 Å². The van der Waals surface area contributed by atoms with Crippen molar-refractivity contribution in [3.63, 3.8) is 0 Å². The number of methoxy groups -OCH3 is 1. The molecule has 0 N–H and O–H groups in total. The number of ether oxygens (including phenoxy) is 1. The van der Waals surface area contributed by atoms with Crippen LogP contribution in [0.25, 0.3) is 0 Å². The smallest absolute Gasteiger partial charge is 0.123 e. The number of hydrogen-bond acceptors (Lipinski definition) is 2. The van der Waals surface area contributed by atoms with E-state index in [-0.39, 0.29) is 4.83 Å². The minimum atomic E-state index is 0.121. The number of para-hydroxylation sites is 1. The van der Waals surface area contributed by atoms with Crippen LogP contribution in [-0.2, 0) is 0 Å². The van der Waals surface area contributed by atoms with Crippen molar-refractivity contribution in [3.05, 3.63) is 49.0 Å². The number of alkyl halides is 1. The van der Waals surface area contributed by atoms with Gasteiger partial charge in [-0.05, 0) is 49.6 Å². The molecule has 0 aliphatic heterocycles. The first-order chi connectivity index (χ1) is 8.13. The van der Waals surface area contributed by atoms with Gasteiger partial charge in [-0.2, -0.15) is 0 Å². The lowest BCUT2D eigenvalue weighted by Gasteiger charge is -2.13. The number of thiophene rings is 1. The van der Waals surface area contributed by atoms with Gasteiger partial charge < -0.3 is 4.74 Å². The molecule has 2 aromatic rings. The Morgan fingerprint density at radius 1 is 1.18 bits per heavy atom. The summed E-state index contributed by atoms with van der Waals surface area (Å²) in [6.07, 6.45) is 0. The van der Waals surface area contributed by atoms with E-state index in [4.69, 9.17) is 4.74 Å². The van der Waals surface area contributed by atoms with E-state index in [0.29, 0.717) is 0 Å². The van der Waals surface area contributed by atoms with Gasteiger partial charge in [-0.1, -0.05) is 34.1 Å². The summed E-state index contributed by atoms with van der Waals surface area (Å²) in [5.41, 5.74) is 2.33. The van der Waals surface area contributed by atoms with Gasteiger partial charge in [0.05, 0.1) is 19.5 Å². The summed E-state index contributed by atoms with van der Waals surface area (Å²) < 4.78 is 7.61. The summed E-state index contributed by atoms with van der Waals surface area (Å²) in [6.45, 7) is 0. The van der Waals surface area contributed by atoms with Crippen LogP contribution in [0.15, 0.2) is 37.9 Å². The second-order valence-electron chi connectivity index (χ2n) is 3.38. The molecule has 1 unspecified atom stereocenters. The first-order valence-electron chi connectivity index (χ1n) is 4.85. The third-order valence-corrected chi connectivity index (χ3v) is 5.74. The maximum Gasteiger partial charge on any atom is 0.123 e. The molecule has 17 heavy (non-hydrogen) atoms. The van der Waals surface area contributed by atoms with E-state index >= 15 is 0 Å². The molecule has 0 saturated carbocycles. The lowest BCUT2D eigenvalue weighted by Crippen LogP contribution is -1.96. The summed E-state index contributed by atoms with van der Waals surface area (Å²) in [5.74, 6) is 0.892. The monoisotopic (exact) mass is 438 g/mol. The van der Waals surface area contributed by atoms with Gasteiger partial charge in [0.2, 0.25) is 0 Å². The zero-order chi connectivity index (χ0) is 12.4. The molecule has 5 heteroatoms. The Balaban J connectivity index is 2.43. The lowest BCUT2D eigenvalue weighted by molar-refractivity contribution is 0.410. The van der Waals surface area contributed by atoms with Crippen LogP contribution in [0.2, 0.25) is 0 Å². The maximum absolute atomic E-state index is 5.38. The number of rotatable bonds is 3. The van der Waals surface area contributed by atoms with E-state index in [2.05, 4.69) is 59.9 Å². The predicted octanol–water partition coefficient (Wildman–Crippen LogP) is 5.77. The van der Waals surface area contributed by atoms with Crippen LogP contribution in [0, 0.1) is 0 Å². The highest BCUT2D eigenvalue weighted by molar-refractivity contribution is 9.12. The fraction of sp³-hybridized carbons (Fsp3) is 0.167. The fourth-order valence-corrected chi connectivity index (χ4v) is 5.67. The molecule has 1 atom stereocenters. The van der Waals surface area contributed by atoms with E-state index in [1.165, 1.54) is 5.56 Å². The third-order valence-electron chi connectivity index (χ3n) is 2.37. The SMILES string of the molecule is COc1ccccc1C(Br)c1cc(Br)sc1Br. The summed E-state index contributed by atoms with van der Waals surface area (Å²) in [6, 6.07) is 10.1. The first-order valence-corrected chi connectivity index (χ1v) is 8.17. The molecule has 0 amide bonds. The van der Waals surface area contributed by atoms with E-state index in [1.54, 1.807) is 18.4 Å². The Morgan fingerprint density at radius 2 is 1.88 bits per heavy atom. The average Bonchev–Trinajstić information content (AvgIpc) is 2.67. The van der Waals surface area contributed by atoms with Gasteiger partial charge in [-0.3, -0.25) is 0 Å². The lowest BCUT2D eigenvalue weighted by atomic mass is 10.1. The molecule has 0 spiro atoms. The molecule has 2 rings (SSSR count). The van der Waals surface area contributed by atoms with E-state index in [9.17, 15) is 0 Å². The molecule has 0 radical (unpaired) electrons. The highest BCUT2D eigenvalue weighted by Crippen LogP contribution is 2.44. The Hall–Kier alpha value is 0.160. The topological polar surface area (TPSA) is 9.23 Å². The Kier molecular flexibility index (Phi) is 4.69. The average molecular weight is 441 g/mol. The van der Waals surface area contributed by atoms with E-state index in [1.807, 2.05) is 18.2 Å². The first kappa shape index (κ1) is 13.6. The van der Waals surface area contributed by atoms with Crippen molar-refractivity contribution < 1.29 is 4.74 Å². The number of benzene rings is 1. The van der Waals surface area contributed by atoms with Gasteiger partial charge >= 0.3 is 0 Å². The number of halogens is 3. The molecule has 90 valence electrons. The molecule has 1 heterocycles. The van der Waals surface area contributed by atoms with Crippen molar-refractivity contribution in [2.75, 3.05) is 7.11 Å². The third kappa shape index (κ3) is 2.95. The molecule has 0 bridgehead atoms. The van der Waals surface area contributed by atoms with Crippen molar-refractivity contribution in [1.29, 1.82) is 0 Å². The summed E-state index contributed by atoms with van der Waals surface area (Å²) in [5, 5.41) is 0. The van der Waals surface area contributed by atoms with E-state index < -0.39 is 0 Å². The maximum atomic E-state index is 5.38. The van der Waals surface area contributed by atoms with Crippen molar-refractivity contribution in [2.45, 2.75) is 4.83 Å². The van der Waals surface area contributed by atoms with Gasteiger partial charge in [0.15, 0.2) is 0 Å². The highest BCUT2D eigenvalue weighted by atomic mass is 79.9. The summed E-state index contributed by atoms with van der Waals surface area (Å²) in [4.78, 5) is 0.121. The molecular formula is C12H9Br3OS. The fourth-order valence-electron chi connectivity index (χ4n) is 1.57. The van der Waals surface area contributed by atoms with Gasteiger partial charge in [0.25, 0.3) is 0 Å². The molecule has 0 aliphatic rings. The Morgan fingerprint density at radius 3 is 2.47 bits per heavy atom. The van der Waals surface area contributed by atoms with Gasteiger partial charge in [0.1, 0.15) is 5.75 Å². The quantitative estimate of drug-likeness (QED) is 0.551.